The molecule has 4 aromatic carbocycles. The number of benzene rings is 4. The van der Waals surface area contributed by atoms with Gasteiger partial charge >= 0.3 is 7.40 Å². The van der Waals surface area contributed by atoms with Gasteiger partial charge in [0, 0.05) is 59.9 Å². The van der Waals surface area contributed by atoms with Crippen molar-refractivity contribution in [1.82, 2.24) is 4.48 Å². The van der Waals surface area contributed by atoms with Gasteiger partial charge in [-0.25, -0.2) is 9.98 Å². The summed E-state index contributed by atoms with van der Waals surface area (Å²) < 4.78 is 31.5. The normalized spacial score (nSPS) is 13.4. The number of anilines is 2. The van der Waals surface area contributed by atoms with Gasteiger partial charge in [0.05, 0.1) is 5.71 Å². The minimum absolute atomic E-state index is 0.165. The largest absolute Gasteiger partial charge is 0.679 e. The molecule has 8 heteroatoms. The molecule has 0 atom stereocenters. The third-order valence-corrected chi connectivity index (χ3v) is 8.92. The molecule has 0 radical (unpaired) electrons. The van der Waals surface area contributed by atoms with Gasteiger partial charge in [0.25, 0.3) is 0 Å². The summed E-state index contributed by atoms with van der Waals surface area (Å²) >= 11 is 0. The highest BCUT2D eigenvalue weighted by atomic mass is 19.2. The quantitative estimate of drug-likeness (QED) is 0.127. The number of aliphatic imine (C=N–C) groups is 2. The van der Waals surface area contributed by atoms with Crippen LogP contribution in [0.15, 0.2) is 131 Å². The zero-order chi connectivity index (χ0) is 33.6. The Morgan fingerprint density at radius 1 is 0.625 bits per heavy atom. The fourth-order valence-corrected chi connectivity index (χ4v) is 6.31. The number of rotatable bonds is 12. The van der Waals surface area contributed by atoms with Gasteiger partial charge in [0.2, 0.25) is 0 Å². The summed E-state index contributed by atoms with van der Waals surface area (Å²) in [5.74, 6) is 0.559. The minimum atomic E-state index is -2.83. The maximum atomic E-state index is 15.2. The van der Waals surface area contributed by atoms with E-state index in [0.717, 1.165) is 70.0 Å². The van der Waals surface area contributed by atoms with Crippen LogP contribution in [0.25, 0.3) is 28.0 Å². The van der Waals surface area contributed by atoms with Gasteiger partial charge in [0.1, 0.15) is 5.82 Å². The van der Waals surface area contributed by atoms with Gasteiger partial charge in [-0.1, -0.05) is 84.9 Å². The van der Waals surface area contributed by atoms with E-state index in [9.17, 15) is 0 Å². The molecule has 1 aliphatic rings. The standard InChI is InChI=1S/C40H40BF2N5/c1-5-46(6-2)33-23-19-29(20-24-33)35-27-37(31-15-11-9-12-16-31)44-39(35)45-40-36(30-21-25-34(26-22-30)47(7-3)8-4)28-38(48(40)41(42)43)32-17-13-10-14-18-32/h9-28H,5-8H2,1-4H3/b45-39-. The smallest absolute Gasteiger partial charge is 0.372 e. The Morgan fingerprint density at radius 2 is 1.12 bits per heavy atom. The summed E-state index contributed by atoms with van der Waals surface area (Å²) in [5.41, 5.74) is 8.09. The molecule has 48 heavy (non-hydrogen) atoms. The molecule has 2 heterocycles. The molecule has 0 N–H and O–H groups in total. The van der Waals surface area contributed by atoms with Gasteiger partial charge in [0.15, 0.2) is 5.84 Å². The van der Waals surface area contributed by atoms with Crippen LogP contribution in [0.5, 0.6) is 0 Å². The molecular formula is C40H40BF2N5. The van der Waals surface area contributed by atoms with Crippen LogP contribution in [0.4, 0.5) is 25.8 Å². The Morgan fingerprint density at radius 3 is 1.62 bits per heavy atom. The first kappa shape index (κ1) is 32.7. The molecular weight excluding hydrogens is 599 g/mol. The predicted molar refractivity (Wildman–Crippen MR) is 200 cm³/mol. The maximum absolute atomic E-state index is 15.2. The highest BCUT2D eigenvalue weighted by Gasteiger charge is 2.30. The highest BCUT2D eigenvalue weighted by molar-refractivity contribution is 6.43. The molecule has 0 saturated heterocycles. The van der Waals surface area contributed by atoms with Crippen molar-refractivity contribution < 1.29 is 8.63 Å². The molecule has 0 amide bonds. The summed E-state index contributed by atoms with van der Waals surface area (Å²) in [5, 5.41) is 0. The lowest BCUT2D eigenvalue weighted by Gasteiger charge is -2.21. The van der Waals surface area contributed by atoms with Crippen molar-refractivity contribution in [2.45, 2.75) is 27.7 Å². The first-order valence-electron chi connectivity index (χ1n) is 16.7. The molecule has 1 aliphatic heterocycles. The number of nitrogens with zero attached hydrogens (tertiary/aromatic N) is 5. The van der Waals surface area contributed by atoms with Crippen LogP contribution < -0.4 is 9.80 Å². The molecule has 1 aromatic heterocycles. The second-order valence-corrected chi connectivity index (χ2v) is 11.6. The molecule has 0 unspecified atom stereocenters. The first-order valence-corrected chi connectivity index (χ1v) is 16.7. The monoisotopic (exact) mass is 639 g/mol. The van der Waals surface area contributed by atoms with Crippen molar-refractivity contribution >= 4 is 41.7 Å². The number of amidine groups is 1. The second-order valence-electron chi connectivity index (χ2n) is 11.6. The van der Waals surface area contributed by atoms with Crippen LogP contribution in [-0.4, -0.2) is 49.6 Å². The van der Waals surface area contributed by atoms with E-state index >= 15 is 8.63 Å². The van der Waals surface area contributed by atoms with Crippen LogP contribution >= 0.6 is 0 Å². The number of hydrogen-bond acceptors (Lipinski definition) is 3. The van der Waals surface area contributed by atoms with E-state index < -0.39 is 7.40 Å². The van der Waals surface area contributed by atoms with E-state index in [0.29, 0.717) is 22.7 Å². The molecule has 242 valence electrons. The molecule has 0 saturated carbocycles. The predicted octanol–water partition coefficient (Wildman–Crippen LogP) is 9.90. The summed E-state index contributed by atoms with van der Waals surface area (Å²) in [6.07, 6.45) is 2.01. The third kappa shape index (κ3) is 6.61. The van der Waals surface area contributed by atoms with Crippen LogP contribution in [0.2, 0.25) is 0 Å². The zero-order valence-electron chi connectivity index (χ0n) is 27.9. The van der Waals surface area contributed by atoms with Gasteiger partial charge in [-0.15, -0.1) is 0 Å². The molecule has 5 nitrogen and oxygen atoms in total. The second kappa shape index (κ2) is 14.7. The summed E-state index contributed by atoms with van der Waals surface area (Å²) in [6, 6.07) is 37.4. The number of aromatic nitrogens is 1. The number of allylic oxidation sites excluding steroid dienone is 1. The third-order valence-electron chi connectivity index (χ3n) is 8.92. The maximum Gasteiger partial charge on any atom is 0.679 e. The first-order chi connectivity index (χ1) is 23.4. The molecule has 0 fully saturated rings. The van der Waals surface area contributed by atoms with Gasteiger partial charge in [-0.3, -0.25) is 8.63 Å². The molecule has 6 rings (SSSR count). The Balaban J connectivity index is 1.55. The fourth-order valence-electron chi connectivity index (χ4n) is 6.31. The van der Waals surface area contributed by atoms with Crippen molar-refractivity contribution in [3.8, 4) is 22.4 Å². The van der Waals surface area contributed by atoms with Crippen LogP contribution in [0, 0.1) is 0 Å². The van der Waals surface area contributed by atoms with Crippen molar-refractivity contribution in [1.29, 1.82) is 0 Å². The van der Waals surface area contributed by atoms with Gasteiger partial charge in [-0.2, -0.15) is 0 Å². The molecule has 0 bridgehead atoms. The fraction of sp³-hybridized carbons (Fsp3) is 0.200. The van der Waals surface area contributed by atoms with E-state index in [1.54, 1.807) is 0 Å². The SMILES string of the molecule is CCN(CC)c1ccc(C2=CC(c3ccccc3)=N/C2=N\c2c(-c3ccc(N(CC)CC)cc3)cc(-c3ccccc3)n2B(F)F)cc1. The van der Waals surface area contributed by atoms with Crippen LogP contribution in [0.1, 0.15) is 38.8 Å². The molecule has 0 aliphatic carbocycles. The van der Waals surface area contributed by atoms with E-state index in [1.165, 1.54) is 0 Å². The average Bonchev–Trinajstić information content (AvgIpc) is 3.73. The Kier molecular flexibility index (Phi) is 10.00. The highest BCUT2D eigenvalue weighted by Crippen LogP contribution is 2.41. The van der Waals surface area contributed by atoms with Crippen molar-refractivity contribution in [2.75, 3.05) is 36.0 Å². The van der Waals surface area contributed by atoms with E-state index in [2.05, 4.69) is 61.8 Å². The summed E-state index contributed by atoms with van der Waals surface area (Å²) in [4.78, 5) is 14.6. The van der Waals surface area contributed by atoms with Crippen molar-refractivity contribution in [2.24, 2.45) is 9.98 Å². The van der Waals surface area contributed by atoms with E-state index in [4.69, 9.17) is 9.98 Å². The lowest BCUT2D eigenvalue weighted by atomic mass is 10.0. The summed E-state index contributed by atoms with van der Waals surface area (Å²) in [7, 11) is -2.83. The van der Waals surface area contributed by atoms with Crippen LogP contribution in [0.3, 0.4) is 0 Å². The summed E-state index contributed by atoms with van der Waals surface area (Å²) in [6.45, 7) is 12.1. The lowest BCUT2D eigenvalue weighted by molar-refractivity contribution is 0.632. The molecule has 0 spiro atoms. The Labute approximate surface area is 282 Å². The van der Waals surface area contributed by atoms with Gasteiger partial charge in [-0.05, 0) is 80.8 Å². The lowest BCUT2D eigenvalue weighted by Crippen LogP contribution is -2.21. The zero-order valence-corrected chi connectivity index (χ0v) is 27.9. The van der Waals surface area contributed by atoms with Crippen molar-refractivity contribution in [3.63, 3.8) is 0 Å². The van der Waals surface area contributed by atoms with E-state index in [1.807, 2.05) is 97.1 Å². The van der Waals surface area contributed by atoms with Crippen molar-refractivity contribution in [3.05, 3.63) is 132 Å². The Hall–Kier alpha value is -5.24. The number of hydrogen-bond donors (Lipinski definition) is 0. The number of halogens is 2. The topological polar surface area (TPSA) is 36.1 Å². The molecule has 5 aromatic rings. The average molecular weight is 640 g/mol. The van der Waals surface area contributed by atoms with Gasteiger partial charge < -0.3 is 14.3 Å². The Bertz CT molecular complexity index is 1920. The van der Waals surface area contributed by atoms with Crippen LogP contribution in [-0.2, 0) is 0 Å². The minimum Gasteiger partial charge on any atom is -0.372 e. The van der Waals surface area contributed by atoms with E-state index in [-0.39, 0.29) is 5.82 Å².